The van der Waals surface area contributed by atoms with Gasteiger partial charge in [0.25, 0.3) is 5.91 Å². The summed E-state index contributed by atoms with van der Waals surface area (Å²) < 4.78 is 12.6. The Hall–Kier alpha value is -2.97. The summed E-state index contributed by atoms with van der Waals surface area (Å²) in [4.78, 5) is 46.2. The number of aliphatic hydroxyl groups excluding tert-OH is 1. The summed E-state index contributed by atoms with van der Waals surface area (Å²) in [5, 5.41) is 9.32. The number of unbranched alkanes of at least 4 members (excludes halogenated alkanes) is 4. The maximum atomic E-state index is 14.8. The molecule has 42 heavy (non-hydrogen) atoms. The lowest BCUT2D eigenvalue weighted by molar-refractivity contribution is -0.161. The van der Waals surface area contributed by atoms with Crippen molar-refractivity contribution in [2.45, 2.75) is 89.9 Å². The third-order valence-electron chi connectivity index (χ3n) is 9.64. The van der Waals surface area contributed by atoms with Gasteiger partial charge in [-0.05, 0) is 88.8 Å². The van der Waals surface area contributed by atoms with Gasteiger partial charge in [0.05, 0.1) is 18.1 Å². The quantitative estimate of drug-likeness (QED) is 0.180. The van der Waals surface area contributed by atoms with E-state index in [1.165, 1.54) is 0 Å². The van der Waals surface area contributed by atoms with Crippen molar-refractivity contribution in [3.05, 3.63) is 54.6 Å². The van der Waals surface area contributed by atoms with Crippen LogP contribution in [0.1, 0.15) is 69.9 Å². The summed E-state index contributed by atoms with van der Waals surface area (Å²) in [5.74, 6) is -2.51. The molecular weight excluding hydrogens is 532 g/mol. The van der Waals surface area contributed by atoms with Gasteiger partial charge in [-0.25, -0.2) is 0 Å². The zero-order valence-corrected chi connectivity index (χ0v) is 25.8. The van der Waals surface area contributed by atoms with Gasteiger partial charge in [-0.15, -0.1) is 13.2 Å². The van der Waals surface area contributed by atoms with Gasteiger partial charge < -0.3 is 24.4 Å². The van der Waals surface area contributed by atoms with Gasteiger partial charge in [0.2, 0.25) is 5.91 Å². The van der Waals surface area contributed by atoms with Crippen LogP contribution in [0.3, 0.4) is 0 Å². The first-order valence-electron chi connectivity index (χ1n) is 15.5. The van der Waals surface area contributed by atoms with E-state index >= 15 is 0 Å². The van der Waals surface area contributed by atoms with E-state index in [0.717, 1.165) is 36.1 Å². The Morgan fingerprint density at radius 2 is 1.93 bits per heavy atom. The molecule has 3 unspecified atom stereocenters. The number of allylic oxidation sites excluding steroid dienone is 1. The second kappa shape index (κ2) is 13.1. The molecule has 3 heterocycles. The summed E-state index contributed by atoms with van der Waals surface area (Å²) in [5.41, 5.74) is 0.686. The smallest absolute Gasteiger partial charge is 0.312 e. The monoisotopic (exact) mass is 580 g/mol. The Balaban J connectivity index is 1.74. The second-order valence-electron chi connectivity index (χ2n) is 12.5. The number of esters is 1. The van der Waals surface area contributed by atoms with Gasteiger partial charge in [0.1, 0.15) is 17.6 Å². The third kappa shape index (κ3) is 5.55. The van der Waals surface area contributed by atoms with Gasteiger partial charge in [-0.2, -0.15) is 0 Å². The van der Waals surface area contributed by atoms with Crippen LogP contribution in [0.2, 0.25) is 0 Å². The van der Waals surface area contributed by atoms with Crippen molar-refractivity contribution in [1.82, 2.24) is 4.90 Å². The lowest BCUT2D eigenvalue weighted by Crippen LogP contribution is -2.57. The number of likely N-dealkylation sites (tertiary alicyclic amines) is 1. The third-order valence-corrected chi connectivity index (χ3v) is 9.64. The molecule has 3 saturated heterocycles. The van der Waals surface area contributed by atoms with Crippen molar-refractivity contribution in [2.75, 3.05) is 31.2 Å². The Bertz CT molecular complexity index is 1200. The maximum Gasteiger partial charge on any atom is 0.312 e. The van der Waals surface area contributed by atoms with Crippen molar-refractivity contribution < 1.29 is 29.0 Å². The molecule has 8 nitrogen and oxygen atoms in total. The van der Waals surface area contributed by atoms with E-state index in [2.05, 4.69) is 13.2 Å². The fraction of sp³-hybridized carbons (Fsp3) is 0.618. The van der Waals surface area contributed by atoms with E-state index in [0.29, 0.717) is 32.2 Å². The van der Waals surface area contributed by atoms with Crippen molar-refractivity contribution in [2.24, 2.45) is 17.8 Å². The molecular formula is C34H48N2O6. The maximum absolute atomic E-state index is 14.8. The number of ether oxygens (including phenoxy) is 2. The van der Waals surface area contributed by atoms with Crippen LogP contribution in [0.5, 0.6) is 0 Å². The Labute approximate surface area is 250 Å². The van der Waals surface area contributed by atoms with Crippen LogP contribution in [-0.4, -0.2) is 71.3 Å². The summed E-state index contributed by atoms with van der Waals surface area (Å²) in [6.07, 6.45) is 8.44. The predicted molar refractivity (Wildman–Crippen MR) is 163 cm³/mol. The molecule has 3 aliphatic rings. The molecule has 8 heteroatoms. The molecule has 3 aliphatic heterocycles. The minimum Gasteiger partial charge on any atom is -0.465 e. The number of nitrogens with zero attached hydrogens (tertiary/aromatic N) is 2. The summed E-state index contributed by atoms with van der Waals surface area (Å²) in [7, 11) is 0. The Morgan fingerprint density at radius 3 is 2.62 bits per heavy atom. The minimum absolute atomic E-state index is 0.0573. The highest BCUT2D eigenvalue weighted by Crippen LogP contribution is 2.65. The molecule has 1 N–H and O–H groups in total. The molecule has 1 aromatic rings. The molecule has 2 amide bonds. The lowest BCUT2D eigenvalue weighted by atomic mass is 9.62. The molecule has 230 valence electrons. The van der Waals surface area contributed by atoms with E-state index in [-0.39, 0.29) is 37.5 Å². The van der Waals surface area contributed by atoms with E-state index in [1.54, 1.807) is 15.9 Å². The molecule has 6 atom stereocenters. The van der Waals surface area contributed by atoms with E-state index in [9.17, 15) is 19.5 Å². The molecule has 0 saturated carbocycles. The number of amides is 2. The van der Waals surface area contributed by atoms with Gasteiger partial charge >= 0.3 is 5.97 Å². The summed E-state index contributed by atoms with van der Waals surface area (Å²) in [6, 6.07) is 5.09. The average Bonchev–Trinajstić information content (AvgIpc) is 3.47. The molecule has 1 spiro atoms. The second-order valence-corrected chi connectivity index (χ2v) is 12.5. The molecule has 0 aromatic heterocycles. The zero-order chi connectivity index (χ0) is 30.7. The van der Waals surface area contributed by atoms with Crippen LogP contribution in [-0.2, 0) is 23.9 Å². The fourth-order valence-corrected chi connectivity index (χ4v) is 7.43. The lowest BCUT2D eigenvalue weighted by Gasteiger charge is -2.37. The first-order chi connectivity index (χ1) is 20.1. The number of fused-ring (bicyclic) bond motifs is 1. The number of aryl methyl sites for hydroxylation is 2. The fourth-order valence-electron chi connectivity index (χ4n) is 7.43. The number of carbonyl (C=O) groups is 3. The van der Waals surface area contributed by atoms with Crippen molar-refractivity contribution in [3.63, 3.8) is 0 Å². The number of aliphatic hydroxyl groups is 1. The molecule has 0 radical (unpaired) electrons. The molecule has 1 aromatic carbocycles. The number of rotatable bonds is 15. The summed E-state index contributed by atoms with van der Waals surface area (Å²) in [6.45, 7) is 16.5. The van der Waals surface area contributed by atoms with Gasteiger partial charge in [-0.1, -0.05) is 31.2 Å². The minimum atomic E-state index is -1.14. The molecule has 4 rings (SSSR count). The molecule has 2 bridgehead atoms. The average molecular weight is 581 g/mol. The molecule has 3 fully saturated rings. The number of carbonyl (C=O) groups excluding carboxylic acids is 3. The first-order valence-corrected chi connectivity index (χ1v) is 15.5. The highest BCUT2D eigenvalue weighted by Gasteiger charge is 2.80. The topological polar surface area (TPSA) is 96.4 Å². The SMILES string of the molecule is C=CCCCCOC(=O)[C@@H]1[C@H]2C(=O)N(CCCCCO)C(C(=O)N(CC=C)c3cc(C)ccc3C)C23CC(C)[C@@]1(C)O3. The predicted octanol–water partition coefficient (Wildman–Crippen LogP) is 4.90. The number of benzene rings is 1. The number of hydrogen-bond acceptors (Lipinski definition) is 6. The van der Waals surface area contributed by atoms with Crippen molar-refractivity contribution in [3.8, 4) is 0 Å². The first kappa shape index (κ1) is 32.0. The van der Waals surface area contributed by atoms with E-state index in [4.69, 9.17) is 9.47 Å². The number of anilines is 1. The van der Waals surface area contributed by atoms with Gasteiger partial charge in [0.15, 0.2) is 0 Å². The van der Waals surface area contributed by atoms with Crippen molar-refractivity contribution in [1.29, 1.82) is 0 Å². The van der Waals surface area contributed by atoms with Crippen LogP contribution >= 0.6 is 0 Å². The van der Waals surface area contributed by atoms with Crippen LogP contribution < -0.4 is 4.90 Å². The van der Waals surface area contributed by atoms with E-state index < -0.39 is 35.0 Å². The van der Waals surface area contributed by atoms with Gasteiger partial charge in [-0.3, -0.25) is 14.4 Å². The standard InChI is InChI=1S/C34H48N2O6/c1-7-9-10-14-20-41-32(40)28-27-30(38)36(18-12-11-13-19-37)29(34(27)22-25(5)33(28,6)42-34)31(39)35(17-8-2)26-21-23(3)15-16-24(26)4/h7-8,15-16,21,25,27-29,37H,1-2,9-14,17-20,22H2,3-6H3/t25?,27-,28-,29?,33+,34?/m0/s1. The Morgan fingerprint density at radius 1 is 1.17 bits per heavy atom. The van der Waals surface area contributed by atoms with Gasteiger partial charge in [0, 0.05) is 25.4 Å². The van der Waals surface area contributed by atoms with E-state index in [1.807, 2.05) is 52.0 Å². The zero-order valence-electron chi connectivity index (χ0n) is 25.8. The Kier molecular flexibility index (Phi) is 9.99. The largest absolute Gasteiger partial charge is 0.465 e. The highest BCUT2D eigenvalue weighted by atomic mass is 16.6. The van der Waals surface area contributed by atoms with Crippen LogP contribution in [0, 0.1) is 31.6 Å². The molecule has 0 aliphatic carbocycles. The van der Waals surface area contributed by atoms with Crippen molar-refractivity contribution >= 4 is 23.5 Å². The van der Waals surface area contributed by atoms with Crippen LogP contribution in [0.4, 0.5) is 5.69 Å². The number of hydrogen-bond donors (Lipinski definition) is 1. The van der Waals surface area contributed by atoms with Crippen LogP contribution in [0.25, 0.3) is 0 Å². The normalized spacial score (nSPS) is 29.5. The highest BCUT2D eigenvalue weighted by molar-refractivity contribution is 6.05. The summed E-state index contributed by atoms with van der Waals surface area (Å²) >= 11 is 0. The van der Waals surface area contributed by atoms with Crippen LogP contribution in [0.15, 0.2) is 43.5 Å².